The molecule has 1 aliphatic carbocycles. The van der Waals surface area contributed by atoms with E-state index in [9.17, 15) is 29.2 Å². The van der Waals surface area contributed by atoms with Crippen molar-refractivity contribution in [3.63, 3.8) is 0 Å². The van der Waals surface area contributed by atoms with Crippen LogP contribution in [0.3, 0.4) is 0 Å². The number of para-hydroxylation sites is 1. The maximum atomic E-state index is 13.9. The van der Waals surface area contributed by atoms with Crippen LogP contribution in [0.25, 0.3) is 0 Å². The van der Waals surface area contributed by atoms with E-state index >= 15 is 0 Å². The van der Waals surface area contributed by atoms with Crippen molar-refractivity contribution in [1.82, 2.24) is 20.4 Å². The Labute approximate surface area is 337 Å². The quantitative estimate of drug-likeness (QED) is 0.184. The minimum atomic E-state index is -1.01. The van der Waals surface area contributed by atoms with Crippen LogP contribution < -0.4 is 25.0 Å². The molecule has 3 aromatic rings. The van der Waals surface area contributed by atoms with Gasteiger partial charge in [-0.1, -0.05) is 51.4 Å². The summed E-state index contributed by atoms with van der Waals surface area (Å²) in [7, 11) is 0. The van der Waals surface area contributed by atoms with Gasteiger partial charge in [0.05, 0.1) is 33.9 Å². The molecule has 1 unspecified atom stereocenters. The fraction of sp³-hybridized carbons (Fsp3) is 0.442. The molecule has 0 radical (unpaired) electrons. The lowest BCUT2D eigenvalue weighted by Crippen LogP contribution is -2.74. The zero-order chi connectivity index (χ0) is 40.6. The number of imide groups is 2. The number of nitriles is 1. The van der Waals surface area contributed by atoms with Crippen molar-refractivity contribution >= 4 is 46.8 Å². The third kappa shape index (κ3) is 7.68. The second kappa shape index (κ2) is 15.8. The fourth-order valence-electron chi connectivity index (χ4n) is 9.13. The Morgan fingerprint density at radius 3 is 2.32 bits per heavy atom. The number of ether oxygens (including phenoxy) is 2. The van der Waals surface area contributed by atoms with Gasteiger partial charge in [0, 0.05) is 61.2 Å². The predicted molar refractivity (Wildman–Crippen MR) is 212 cm³/mol. The minimum absolute atomic E-state index is 0.0672. The zero-order valence-corrected chi connectivity index (χ0v) is 33.4. The van der Waals surface area contributed by atoms with Crippen LogP contribution in [-0.2, 0) is 9.59 Å². The summed E-state index contributed by atoms with van der Waals surface area (Å²) in [5, 5.41) is 15.1. The van der Waals surface area contributed by atoms with Gasteiger partial charge in [-0.2, -0.15) is 5.26 Å². The van der Waals surface area contributed by atoms with Crippen LogP contribution >= 0.6 is 11.6 Å². The second-order valence-electron chi connectivity index (χ2n) is 16.4. The van der Waals surface area contributed by atoms with Crippen molar-refractivity contribution in [2.24, 2.45) is 10.8 Å². The summed E-state index contributed by atoms with van der Waals surface area (Å²) in [6.45, 7) is 13.0. The number of unbranched alkanes of at least 4 members (excludes halogenated alkanes) is 1. The van der Waals surface area contributed by atoms with Gasteiger partial charge in [0.25, 0.3) is 17.7 Å². The Morgan fingerprint density at radius 2 is 1.61 bits per heavy atom. The highest BCUT2D eigenvalue weighted by atomic mass is 35.5. The standard InChI is InChI=1S/C43H47ClN6O7/c1-42(2)40(43(3,4)41(42)57-28-12-11-26(25-45)32(44)24-28)47-36(52)30-9-5-6-10-33(30)49-20-18-48(19-21-49)17-7-8-22-56-27-13-14-29-31(23-27)39(55)50(38(29)54)34-15-16-35(51)46-37(34)53/h5-6,9-14,23-24,34,40-41H,7-8,15-22H2,1-4H3,(H,47,52)(H,46,51,53)/t34?,40-,41-. The van der Waals surface area contributed by atoms with E-state index in [0.29, 0.717) is 34.3 Å². The highest BCUT2D eigenvalue weighted by Gasteiger charge is 2.64. The largest absolute Gasteiger partial charge is 0.494 e. The molecule has 1 atom stereocenters. The Hall–Kier alpha value is -5.45. The number of fused-ring (bicyclic) bond motifs is 1. The van der Waals surface area contributed by atoms with Gasteiger partial charge in [0.1, 0.15) is 29.7 Å². The first kappa shape index (κ1) is 39.8. The highest BCUT2D eigenvalue weighted by molar-refractivity contribution is 6.31. The third-order valence-corrected chi connectivity index (χ3v) is 12.2. The van der Waals surface area contributed by atoms with Gasteiger partial charge in [-0.25, -0.2) is 0 Å². The Kier molecular flexibility index (Phi) is 11.0. The fourth-order valence-corrected chi connectivity index (χ4v) is 9.34. The van der Waals surface area contributed by atoms with E-state index < -0.39 is 29.7 Å². The number of piperidine rings is 1. The lowest BCUT2D eigenvalue weighted by molar-refractivity contribution is -0.164. The lowest BCUT2D eigenvalue weighted by atomic mass is 9.49. The van der Waals surface area contributed by atoms with Crippen LogP contribution in [0.5, 0.6) is 11.5 Å². The SMILES string of the molecule is CC1(C)[C@H](NC(=O)c2ccccc2N2CCN(CCCCOc3ccc4c(c3)C(=O)N(C3CCC(=O)NC3=O)C4=O)CC2)C(C)(C)[C@H]1Oc1ccc(C#N)c(Cl)c1. The topological polar surface area (TPSA) is 161 Å². The number of carbonyl (C=O) groups is 5. The van der Waals surface area contributed by atoms with Crippen LogP contribution in [0, 0.1) is 22.2 Å². The van der Waals surface area contributed by atoms with Gasteiger partial charge in [0.2, 0.25) is 11.8 Å². The van der Waals surface area contributed by atoms with Gasteiger partial charge >= 0.3 is 0 Å². The number of rotatable bonds is 12. The van der Waals surface area contributed by atoms with E-state index in [1.165, 1.54) is 0 Å². The molecule has 2 N–H and O–H groups in total. The summed E-state index contributed by atoms with van der Waals surface area (Å²) in [4.78, 5) is 69.6. The van der Waals surface area contributed by atoms with Crippen LogP contribution in [0.15, 0.2) is 60.7 Å². The van der Waals surface area contributed by atoms with Crippen LogP contribution in [-0.4, -0.2) is 96.9 Å². The second-order valence-corrected chi connectivity index (χ2v) is 16.8. The summed E-state index contributed by atoms with van der Waals surface area (Å²) in [6, 6.07) is 18.5. The Morgan fingerprint density at radius 1 is 0.912 bits per heavy atom. The van der Waals surface area contributed by atoms with Crippen molar-refractivity contribution in [3.8, 4) is 17.6 Å². The molecule has 3 aromatic carbocycles. The smallest absolute Gasteiger partial charge is 0.262 e. The zero-order valence-electron chi connectivity index (χ0n) is 32.6. The molecule has 298 valence electrons. The normalized spacial score (nSPS) is 22.6. The van der Waals surface area contributed by atoms with E-state index in [1.54, 1.807) is 36.4 Å². The number of nitrogens with one attached hydrogen (secondary N) is 2. The molecule has 13 nitrogen and oxygen atoms in total. The van der Waals surface area contributed by atoms with E-state index in [-0.39, 0.29) is 52.9 Å². The van der Waals surface area contributed by atoms with Crippen molar-refractivity contribution in [2.75, 3.05) is 44.2 Å². The monoisotopic (exact) mass is 794 g/mol. The highest BCUT2D eigenvalue weighted by Crippen LogP contribution is 2.55. The summed E-state index contributed by atoms with van der Waals surface area (Å²) in [5.41, 5.74) is 1.59. The van der Waals surface area contributed by atoms with Crippen molar-refractivity contribution in [1.29, 1.82) is 5.26 Å². The minimum Gasteiger partial charge on any atom is -0.494 e. The molecule has 3 heterocycles. The molecule has 0 spiro atoms. The molecule has 4 aliphatic rings. The number of carbonyl (C=O) groups excluding carboxylic acids is 5. The molecule has 0 bridgehead atoms. The molecular formula is C43H47ClN6O7. The number of benzene rings is 3. The number of amides is 5. The number of anilines is 1. The first-order valence-corrected chi connectivity index (χ1v) is 19.8. The summed E-state index contributed by atoms with van der Waals surface area (Å²) < 4.78 is 12.4. The van der Waals surface area contributed by atoms with Crippen molar-refractivity contribution in [2.45, 2.75) is 71.6 Å². The Balaban J connectivity index is 0.868. The van der Waals surface area contributed by atoms with E-state index in [2.05, 4.69) is 54.2 Å². The number of halogens is 1. The maximum Gasteiger partial charge on any atom is 0.262 e. The number of nitrogens with zero attached hydrogens (tertiary/aromatic N) is 4. The van der Waals surface area contributed by atoms with E-state index in [1.807, 2.05) is 24.3 Å². The molecule has 3 fully saturated rings. The first-order chi connectivity index (χ1) is 27.2. The van der Waals surface area contributed by atoms with Gasteiger partial charge in [-0.05, 0) is 68.3 Å². The number of piperazine rings is 1. The van der Waals surface area contributed by atoms with Gasteiger partial charge in [-0.15, -0.1) is 0 Å². The average molecular weight is 795 g/mol. The Bertz CT molecular complexity index is 2140. The number of hydrogen-bond donors (Lipinski definition) is 2. The summed E-state index contributed by atoms with van der Waals surface area (Å²) in [6.07, 6.45) is 1.66. The molecule has 1 saturated carbocycles. The molecule has 7 rings (SSSR count). The molecule has 3 aliphatic heterocycles. The van der Waals surface area contributed by atoms with Gasteiger partial charge in [-0.3, -0.25) is 39.1 Å². The van der Waals surface area contributed by atoms with Crippen molar-refractivity contribution < 1.29 is 33.4 Å². The van der Waals surface area contributed by atoms with Crippen molar-refractivity contribution in [3.05, 3.63) is 87.9 Å². The van der Waals surface area contributed by atoms with E-state index in [4.69, 9.17) is 21.1 Å². The lowest BCUT2D eigenvalue weighted by Gasteiger charge is -2.63. The first-order valence-electron chi connectivity index (χ1n) is 19.4. The third-order valence-electron chi connectivity index (χ3n) is 11.8. The average Bonchev–Trinajstić information content (AvgIpc) is 3.43. The molecule has 2 saturated heterocycles. The van der Waals surface area contributed by atoms with Gasteiger partial charge < -0.3 is 19.7 Å². The summed E-state index contributed by atoms with van der Waals surface area (Å²) in [5.74, 6) is -1.22. The maximum absolute atomic E-state index is 13.9. The molecule has 57 heavy (non-hydrogen) atoms. The number of hydrogen-bond acceptors (Lipinski definition) is 10. The molecular weight excluding hydrogens is 748 g/mol. The van der Waals surface area contributed by atoms with Gasteiger partial charge in [0.15, 0.2) is 0 Å². The van der Waals surface area contributed by atoms with E-state index in [0.717, 1.165) is 56.2 Å². The van der Waals surface area contributed by atoms with Crippen LogP contribution in [0.1, 0.15) is 90.0 Å². The molecule has 0 aromatic heterocycles. The molecule has 14 heteroatoms. The summed E-state index contributed by atoms with van der Waals surface area (Å²) >= 11 is 6.27. The molecule has 5 amide bonds. The predicted octanol–water partition coefficient (Wildman–Crippen LogP) is 5.21. The van der Waals surface area contributed by atoms with Crippen LogP contribution in [0.2, 0.25) is 5.02 Å². The van der Waals surface area contributed by atoms with Crippen LogP contribution in [0.4, 0.5) is 5.69 Å².